The summed E-state index contributed by atoms with van der Waals surface area (Å²) in [5.74, 6) is 2.28. The number of methoxy groups -OCH3 is 2. The van der Waals surface area contributed by atoms with E-state index in [-0.39, 0.29) is 11.9 Å². The Kier molecular flexibility index (Phi) is 5.12. The van der Waals surface area contributed by atoms with Gasteiger partial charge in [-0.05, 0) is 37.3 Å². The summed E-state index contributed by atoms with van der Waals surface area (Å²) in [7, 11) is 3.23. The molecule has 1 atom stereocenters. The van der Waals surface area contributed by atoms with E-state index in [1.165, 1.54) is 0 Å². The zero-order valence-corrected chi connectivity index (χ0v) is 16.6. The van der Waals surface area contributed by atoms with Crippen molar-refractivity contribution in [2.45, 2.75) is 18.9 Å². The van der Waals surface area contributed by atoms with Crippen LogP contribution in [-0.2, 0) is 4.79 Å². The standard InChI is InChI=1S/C24H23NO4/c1-15(19-14-16(27-2)12-13-20(19)28-3)25-24(26)23-17-8-4-6-10-21(17)29-22-11-7-5-9-18(22)23/h4-15,23H,1-3H3,(H,25,26)/t15-/m1/s1. The molecule has 0 unspecified atom stereocenters. The minimum atomic E-state index is -0.449. The van der Waals surface area contributed by atoms with Crippen molar-refractivity contribution in [2.75, 3.05) is 14.2 Å². The zero-order chi connectivity index (χ0) is 20.4. The van der Waals surface area contributed by atoms with Crippen LogP contribution in [-0.4, -0.2) is 20.1 Å². The molecule has 3 aromatic rings. The maximum Gasteiger partial charge on any atom is 0.232 e. The topological polar surface area (TPSA) is 56.8 Å². The van der Waals surface area contributed by atoms with Gasteiger partial charge in [-0.2, -0.15) is 0 Å². The minimum Gasteiger partial charge on any atom is -0.497 e. The van der Waals surface area contributed by atoms with Crippen LogP contribution in [0, 0.1) is 0 Å². The fraction of sp³-hybridized carbons (Fsp3) is 0.208. The van der Waals surface area contributed by atoms with Gasteiger partial charge in [-0.1, -0.05) is 36.4 Å². The SMILES string of the molecule is COc1ccc(OC)c([C@@H](C)NC(=O)C2c3ccccc3Oc3ccccc32)c1. The summed E-state index contributed by atoms with van der Waals surface area (Å²) in [5, 5.41) is 3.14. The van der Waals surface area contributed by atoms with Crippen LogP contribution in [0.5, 0.6) is 23.0 Å². The molecule has 0 bridgehead atoms. The number of hydrogen-bond donors (Lipinski definition) is 1. The number of nitrogens with one attached hydrogen (secondary N) is 1. The fourth-order valence-corrected chi connectivity index (χ4v) is 3.74. The molecular formula is C24H23NO4. The number of fused-ring (bicyclic) bond motifs is 2. The monoisotopic (exact) mass is 389 g/mol. The highest BCUT2D eigenvalue weighted by atomic mass is 16.5. The lowest BCUT2D eigenvalue weighted by atomic mass is 9.87. The third-order valence-electron chi connectivity index (χ3n) is 5.20. The molecule has 1 aliphatic heterocycles. The molecule has 1 aliphatic rings. The van der Waals surface area contributed by atoms with Gasteiger partial charge in [-0.15, -0.1) is 0 Å². The second-order valence-electron chi connectivity index (χ2n) is 6.95. The van der Waals surface area contributed by atoms with E-state index in [0.29, 0.717) is 23.0 Å². The highest BCUT2D eigenvalue weighted by Crippen LogP contribution is 2.44. The molecule has 0 aliphatic carbocycles. The van der Waals surface area contributed by atoms with Crippen LogP contribution in [0.4, 0.5) is 0 Å². The Hall–Kier alpha value is -3.47. The molecule has 0 fully saturated rings. The molecule has 4 rings (SSSR count). The second-order valence-corrected chi connectivity index (χ2v) is 6.95. The predicted octanol–water partition coefficient (Wildman–Crippen LogP) is 4.82. The van der Waals surface area contributed by atoms with E-state index in [4.69, 9.17) is 14.2 Å². The molecule has 0 saturated carbocycles. The number of rotatable bonds is 5. The highest BCUT2D eigenvalue weighted by Gasteiger charge is 2.33. The van der Waals surface area contributed by atoms with Crippen molar-refractivity contribution >= 4 is 5.91 Å². The third kappa shape index (κ3) is 3.51. The van der Waals surface area contributed by atoms with Crippen LogP contribution < -0.4 is 19.5 Å². The molecule has 1 N–H and O–H groups in total. The predicted molar refractivity (Wildman–Crippen MR) is 111 cm³/mol. The Bertz CT molecular complexity index is 1000. The average Bonchev–Trinajstić information content (AvgIpc) is 2.76. The molecule has 5 nitrogen and oxygen atoms in total. The van der Waals surface area contributed by atoms with Crippen LogP contribution in [0.25, 0.3) is 0 Å². The first-order valence-electron chi connectivity index (χ1n) is 9.50. The van der Waals surface area contributed by atoms with E-state index < -0.39 is 5.92 Å². The molecule has 148 valence electrons. The molecule has 3 aromatic carbocycles. The smallest absolute Gasteiger partial charge is 0.232 e. The van der Waals surface area contributed by atoms with Gasteiger partial charge in [0.1, 0.15) is 23.0 Å². The lowest BCUT2D eigenvalue weighted by molar-refractivity contribution is -0.122. The molecule has 1 heterocycles. The van der Waals surface area contributed by atoms with Gasteiger partial charge in [0.15, 0.2) is 0 Å². The van der Waals surface area contributed by atoms with Crippen LogP contribution >= 0.6 is 0 Å². The van der Waals surface area contributed by atoms with Crippen molar-refractivity contribution in [3.63, 3.8) is 0 Å². The van der Waals surface area contributed by atoms with Gasteiger partial charge in [0, 0.05) is 16.7 Å². The highest BCUT2D eigenvalue weighted by molar-refractivity contribution is 5.90. The molecule has 0 radical (unpaired) electrons. The lowest BCUT2D eigenvalue weighted by Crippen LogP contribution is -2.33. The van der Waals surface area contributed by atoms with Crippen molar-refractivity contribution in [1.29, 1.82) is 0 Å². The summed E-state index contributed by atoms with van der Waals surface area (Å²) in [6.07, 6.45) is 0. The fourth-order valence-electron chi connectivity index (χ4n) is 3.74. The maximum absolute atomic E-state index is 13.4. The normalized spacial score (nSPS) is 13.5. The molecule has 0 aromatic heterocycles. The van der Waals surface area contributed by atoms with Crippen molar-refractivity contribution in [3.8, 4) is 23.0 Å². The first kappa shape index (κ1) is 18.9. The van der Waals surface area contributed by atoms with Crippen LogP contribution in [0.1, 0.15) is 35.6 Å². The molecule has 1 amide bonds. The lowest BCUT2D eigenvalue weighted by Gasteiger charge is -2.28. The van der Waals surface area contributed by atoms with Gasteiger partial charge in [0.2, 0.25) is 5.91 Å². The van der Waals surface area contributed by atoms with E-state index in [1.807, 2.05) is 73.7 Å². The minimum absolute atomic E-state index is 0.0921. The van der Waals surface area contributed by atoms with Crippen molar-refractivity contribution < 1.29 is 19.0 Å². The van der Waals surface area contributed by atoms with Crippen molar-refractivity contribution in [1.82, 2.24) is 5.32 Å². The quantitative estimate of drug-likeness (QED) is 0.680. The van der Waals surface area contributed by atoms with Crippen molar-refractivity contribution in [3.05, 3.63) is 83.4 Å². The van der Waals surface area contributed by atoms with Gasteiger partial charge >= 0.3 is 0 Å². The van der Waals surface area contributed by atoms with Crippen LogP contribution in [0.2, 0.25) is 0 Å². The Balaban J connectivity index is 1.68. The van der Waals surface area contributed by atoms with E-state index in [0.717, 1.165) is 16.7 Å². The number of benzene rings is 3. The second kappa shape index (κ2) is 7.87. The molecular weight excluding hydrogens is 366 g/mol. The Labute approximate surface area is 170 Å². The maximum atomic E-state index is 13.4. The van der Waals surface area contributed by atoms with Crippen LogP contribution in [0.15, 0.2) is 66.7 Å². The number of carbonyl (C=O) groups excluding carboxylic acids is 1. The molecule has 29 heavy (non-hydrogen) atoms. The number of carbonyl (C=O) groups is 1. The number of hydrogen-bond acceptors (Lipinski definition) is 4. The van der Waals surface area contributed by atoms with Crippen LogP contribution in [0.3, 0.4) is 0 Å². The number of amides is 1. The Morgan fingerprint density at radius 1 is 0.931 bits per heavy atom. The molecule has 0 spiro atoms. The third-order valence-corrected chi connectivity index (χ3v) is 5.20. The summed E-state index contributed by atoms with van der Waals surface area (Å²) in [6.45, 7) is 1.94. The summed E-state index contributed by atoms with van der Waals surface area (Å²) in [4.78, 5) is 13.4. The number of para-hydroxylation sites is 2. The summed E-state index contributed by atoms with van der Waals surface area (Å²) in [5.41, 5.74) is 2.57. The van der Waals surface area contributed by atoms with E-state index >= 15 is 0 Å². The van der Waals surface area contributed by atoms with Gasteiger partial charge in [-0.3, -0.25) is 4.79 Å². The average molecular weight is 389 g/mol. The van der Waals surface area contributed by atoms with Gasteiger partial charge in [0.25, 0.3) is 0 Å². The Morgan fingerprint density at radius 3 is 2.14 bits per heavy atom. The summed E-state index contributed by atoms with van der Waals surface area (Å²) in [6, 6.07) is 20.6. The van der Waals surface area contributed by atoms with Crippen molar-refractivity contribution in [2.24, 2.45) is 0 Å². The van der Waals surface area contributed by atoms with Gasteiger partial charge in [0.05, 0.1) is 26.2 Å². The van der Waals surface area contributed by atoms with E-state index in [9.17, 15) is 4.79 Å². The molecule has 5 heteroatoms. The number of ether oxygens (including phenoxy) is 3. The first-order chi connectivity index (χ1) is 14.1. The Morgan fingerprint density at radius 2 is 1.55 bits per heavy atom. The largest absolute Gasteiger partial charge is 0.497 e. The van der Waals surface area contributed by atoms with Gasteiger partial charge < -0.3 is 19.5 Å². The first-order valence-corrected chi connectivity index (χ1v) is 9.50. The van der Waals surface area contributed by atoms with Gasteiger partial charge in [-0.25, -0.2) is 0 Å². The van der Waals surface area contributed by atoms with E-state index in [1.54, 1.807) is 14.2 Å². The zero-order valence-electron chi connectivity index (χ0n) is 16.6. The summed E-state index contributed by atoms with van der Waals surface area (Å²) >= 11 is 0. The summed E-state index contributed by atoms with van der Waals surface area (Å²) < 4.78 is 16.8. The van der Waals surface area contributed by atoms with E-state index in [2.05, 4.69) is 5.32 Å². The molecule has 0 saturated heterocycles.